The van der Waals surface area contributed by atoms with Crippen molar-refractivity contribution in [3.63, 3.8) is 0 Å². The molecule has 128 valence electrons. The number of carbonyl (C=O) groups is 1. The molecule has 1 aliphatic carbocycles. The molecule has 2 N–H and O–H groups in total. The van der Waals surface area contributed by atoms with E-state index in [-0.39, 0.29) is 23.8 Å². The standard InChI is InChI=1S/C16H23BrN2O3S/c17-14-6-8-15(9-7-14)23(21,22)19-11-10-16(20)18-12-13-4-2-1-3-5-13/h6-9,13,19H,1-5,10-12H2,(H,18,20). The zero-order chi connectivity index (χ0) is 16.7. The quantitative estimate of drug-likeness (QED) is 0.735. The van der Waals surface area contributed by atoms with Gasteiger partial charge in [-0.1, -0.05) is 35.2 Å². The number of halogens is 1. The van der Waals surface area contributed by atoms with Gasteiger partial charge >= 0.3 is 0 Å². The van der Waals surface area contributed by atoms with E-state index in [0.717, 1.165) is 4.47 Å². The Bertz CT molecular complexity index is 611. The zero-order valence-corrected chi connectivity index (χ0v) is 15.5. The van der Waals surface area contributed by atoms with Crippen LogP contribution in [0.1, 0.15) is 38.5 Å². The molecule has 0 heterocycles. The van der Waals surface area contributed by atoms with Crippen LogP contribution in [0, 0.1) is 5.92 Å². The molecule has 1 saturated carbocycles. The molecule has 1 amide bonds. The second kappa shape index (κ2) is 8.80. The van der Waals surface area contributed by atoms with Gasteiger partial charge in [0.15, 0.2) is 0 Å². The summed E-state index contributed by atoms with van der Waals surface area (Å²) < 4.78 is 27.4. The number of hydrogen-bond acceptors (Lipinski definition) is 3. The fraction of sp³-hybridized carbons (Fsp3) is 0.562. The molecule has 0 radical (unpaired) electrons. The molecule has 0 spiro atoms. The summed E-state index contributed by atoms with van der Waals surface area (Å²) in [6, 6.07) is 6.39. The van der Waals surface area contributed by atoms with Crippen LogP contribution >= 0.6 is 15.9 Å². The van der Waals surface area contributed by atoms with Crippen LogP contribution in [0.25, 0.3) is 0 Å². The molecule has 0 aliphatic heterocycles. The lowest BCUT2D eigenvalue weighted by molar-refractivity contribution is -0.121. The van der Waals surface area contributed by atoms with E-state index in [1.807, 2.05) is 0 Å². The lowest BCUT2D eigenvalue weighted by atomic mass is 9.89. The Morgan fingerprint density at radius 1 is 1.13 bits per heavy atom. The van der Waals surface area contributed by atoms with Crippen LogP contribution in [0.3, 0.4) is 0 Å². The molecule has 1 aromatic rings. The normalized spacial score (nSPS) is 16.2. The van der Waals surface area contributed by atoms with E-state index < -0.39 is 10.0 Å². The second-order valence-electron chi connectivity index (χ2n) is 5.91. The Morgan fingerprint density at radius 2 is 1.78 bits per heavy atom. The van der Waals surface area contributed by atoms with E-state index in [9.17, 15) is 13.2 Å². The van der Waals surface area contributed by atoms with Crippen LogP contribution in [0.15, 0.2) is 33.6 Å². The highest BCUT2D eigenvalue weighted by Crippen LogP contribution is 2.22. The number of rotatable bonds is 7. The van der Waals surface area contributed by atoms with Gasteiger partial charge in [-0.25, -0.2) is 13.1 Å². The molecule has 1 aliphatic rings. The van der Waals surface area contributed by atoms with E-state index in [1.165, 1.54) is 44.2 Å². The molecule has 1 aromatic carbocycles. The Morgan fingerprint density at radius 3 is 2.43 bits per heavy atom. The number of nitrogens with one attached hydrogen (secondary N) is 2. The minimum absolute atomic E-state index is 0.103. The van der Waals surface area contributed by atoms with Crippen molar-refractivity contribution in [2.75, 3.05) is 13.1 Å². The molecule has 0 aromatic heterocycles. The smallest absolute Gasteiger partial charge is 0.240 e. The van der Waals surface area contributed by atoms with Crippen LogP contribution < -0.4 is 10.0 Å². The van der Waals surface area contributed by atoms with Gasteiger partial charge in [0.1, 0.15) is 0 Å². The summed E-state index contributed by atoms with van der Waals surface area (Å²) in [4.78, 5) is 12.0. The van der Waals surface area contributed by atoms with Crippen molar-refractivity contribution in [2.45, 2.75) is 43.4 Å². The third-order valence-electron chi connectivity index (χ3n) is 4.08. The van der Waals surface area contributed by atoms with Crippen LogP contribution in [-0.2, 0) is 14.8 Å². The fourth-order valence-corrected chi connectivity index (χ4v) is 4.03. The average Bonchev–Trinajstić information content (AvgIpc) is 2.54. The number of benzene rings is 1. The Labute approximate surface area is 146 Å². The first-order valence-corrected chi connectivity index (χ1v) is 10.3. The minimum Gasteiger partial charge on any atom is -0.356 e. The first-order chi connectivity index (χ1) is 11.0. The highest BCUT2D eigenvalue weighted by atomic mass is 79.9. The number of hydrogen-bond donors (Lipinski definition) is 2. The van der Waals surface area contributed by atoms with E-state index in [0.29, 0.717) is 12.5 Å². The molecule has 1 fully saturated rings. The maximum absolute atomic E-state index is 12.1. The third kappa shape index (κ3) is 6.24. The van der Waals surface area contributed by atoms with Crippen LogP contribution in [0.4, 0.5) is 0 Å². The van der Waals surface area contributed by atoms with Crippen LogP contribution in [-0.4, -0.2) is 27.4 Å². The van der Waals surface area contributed by atoms with Gasteiger partial charge in [0.2, 0.25) is 15.9 Å². The Balaban J connectivity index is 1.70. The lowest BCUT2D eigenvalue weighted by Crippen LogP contribution is -2.33. The topological polar surface area (TPSA) is 75.3 Å². The summed E-state index contributed by atoms with van der Waals surface area (Å²) in [6.07, 6.45) is 6.29. The van der Waals surface area contributed by atoms with Crippen molar-refractivity contribution in [1.29, 1.82) is 0 Å². The van der Waals surface area contributed by atoms with Crippen LogP contribution in [0.2, 0.25) is 0 Å². The van der Waals surface area contributed by atoms with E-state index in [1.54, 1.807) is 12.1 Å². The largest absolute Gasteiger partial charge is 0.356 e. The number of amides is 1. The molecule has 0 atom stereocenters. The average molecular weight is 403 g/mol. The van der Waals surface area contributed by atoms with Gasteiger partial charge in [-0.3, -0.25) is 4.79 Å². The van der Waals surface area contributed by atoms with Gasteiger partial charge in [0, 0.05) is 24.0 Å². The molecule has 2 rings (SSSR count). The highest BCUT2D eigenvalue weighted by Gasteiger charge is 2.16. The van der Waals surface area contributed by atoms with Gasteiger partial charge < -0.3 is 5.32 Å². The fourth-order valence-electron chi connectivity index (χ4n) is 2.73. The van der Waals surface area contributed by atoms with Crippen molar-refractivity contribution >= 4 is 31.9 Å². The van der Waals surface area contributed by atoms with Crippen molar-refractivity contribution in [3.8, 4) is 0 Å². The van der Waals surface area contributed by atoms with Crippen LogP contribution in [0.5, 0.6) is 0 Å². The summed E-state index contributed by atoms with van der Waals surface area (Å²) in [6.45, 7) is 0.813. The van der Waals surface area contributed by atoms with Gasteiger partial charge in [-0.2, -0.15) is 0 Å². The second-order valence-corrected chi connectivity index (χ2v) is 8.59. The molecule has 7 heteroatoms. The molecule has 0 bridgehead atoms. The summed E-state index contributed by atoms with van der Waals surface area (Å²) in [5.41, 5.74) is 0. The van der Waals surface area contributed by atoms with Gasteiger partial charge in [-0.05, 0) is 43.0 Å². The maximum atomic E-state index is 12.1. The van der Waals surface area contributed by atoms with Crippen molar-refractivity contribution < 1.29 is 13.2 Å². The first kappa shape index (κ1) is 18.4. The van der Waals surface area contributed by atoms with Crippen molar-refractivity contribution in [1.82, 2.24) is 10.0 Å². The van der Waals surface area contributed by atoms with Gasteiger partial charge in [0.05, 0.1) is 4.90 Å². The Hall–Kier alpha value is -0.920. The summed E-state index contributed by atoms with van der Waals surface area (Å²) >= 11 is 3.27. The van der Waals surface area contributed by atoms with Crippen molar-refractivity contribution in [3.05, 3.63) is 28.7 Å². The van der Waals surface area contributed by atoms with E-state index in [2.05, 4.69) is 26.0 Å². The molecule has 5 nitrogen and oxygen atoms in total. The first-order valence-electron chi connectivity index (χ1n) is 7.99. The molecule has 0 unspecified atom stereocenters. The summed E-state index contributed by atoms with van der Waals surface area (Å²) in [5, 5.41) is 2.91. The van der Waals surface area contributed by atoms with Gasteiger partial charge in [0.25, 0.3) is 0 Å². The zero-order valence-electron chi connectivity index (χ0n) is 13.1. The minimum atomic E-state index is -3.56. The molecule has 23 heavy (non-hydrogen) atoms. The predicted octanol–water partition coefficient (Wildman–Crippen LogP) is 2.81. The SMILES string of the molecule is O=C(CCNS(=O)(=O)c1ccc(Br)cc1)NCC1CCCCC1. The number of carbonyl (C=O) groups excluding carboxylic acids is 1. The molecular formula is C16H23BrN2O3S. The summed E-state index contributed by atoms with van der Waals surface area (Å²) in [5.74, 6) is 0.473. The Kier molecular flexibility index (Phi) is 7.05. The van der Waals surface area contributed by atoms with Crippen molar-refractivity contribution in [2.24, 2.45) is 5.92 Å². The highest BCUT2D eigenvalue weighted by molar-refractivity contribution is 9.10. The summed E-state index contributed by atoms with van der Waals surface area (Å²) in [7, 11) is -3.56. The molecule has 0 saturated heterocycles. The van der Waals surface area contributed by atoms with E-state index >= 15 is 0 Å². The number of sulfonamides is 1. The third-order valence-corrected chi connectivity index (χ3v) is 6.09. The molecular weight excluding hydrogens is 380 g/mol. The van der Waals surface area contributed by atoms with Gasteiger partial charge in [-0.15, -0.1) is 0 Å². The maximum Gasteiger partial charge on any atom is 0.240 e. The lowest BCUT2D eigenvalue weighted by Gasteiger charge is -2.21. The van der Waals surface area contributed by atoms with E-state index in [4.69, 9.17) is 0 Å². The monoisotopic (exact) mass is 402 g/mol. The predicted molar refractivity (Wildman–Crippen MR) is 93.5 cm³/mol.